The number of thiazole rings is 1. The Balaban J connectivity index is 1.62. The minimum absolute atomic E-state index is 0.483. The Morgan fingerprint density at radius 1 is 1.30 bits per heavy atom. The van der Waals surface area contributed by atoms with E-state index in [1.807, 2.05) is 18.5 Å². The van der Waals surface area contributed by atoms with Gasteiger partial charge in [-0.25, -0.2) is 4.98 Å². The number of nitriles is 1. The van der Waals surface area contributed by atoms with E-state index >= 15 is 0 Å². The monoisotopic (exact) mass is 288 g/mol. The standard InChI is InChI=1S/C15H16N2O2S/c1-12-15(20-11-17-12)5-6-18-7-8-19-14-4-2-3-13(9-14)10-16/h2-4,9,11H,5-8H2,1H3. The molecular formula is C15H16N2O2S. The molecule has 0 aliphatic carbocycles. The SMILES string of the molecule is Cc1ncsc1CCOCCOc1cccc(C#N)c1. The zero-order chi connectivity index (χ0) is 14.2. The molecule has 0 unspecified atom stereocenters. The van der Waals surface area contributed by atoms with Gasteiger partial charge in [-0.1, -0.05) is 6.07 Å². The van der Waals surface area contributed by atoms with Crippen LogP contribution in [0.5, 0.6) is 5.75 Å². The lowest BCUT2D eigenvalue weighted by Crippen LogP contribution is -2.08. The molecular weight excluding hydrogens is 272 g/mol. The highest BCUT2D eigenvalue weighted by Crippen LogP contribution is 2.13. The Morgan fingerprint density at radius 2 is 2.20 bits per heavy atom. The number of aryl methyl sites for hydroxylation is 1. The highest BCUT2D eigenvalue weighted by Gasteiger charge is 2.01. The first-order valence-corrected chi connectivity index (χ1v) is 7.27. The van der Waals surface area contributed by atoms with Gasteiger partial charge >= 0.3 is 0 Å². The topological polar surface area (TPSA) is 55.1 Å². The molecule has 0 aliphatic heterocycles. The molecule has 0 saturated heterocycles. The first-order valence-electron chi connectivity index (χ1n) is 6.39. The van der Waals surface area contributed by atoms with Crippen molar-refractivity contribution in [1.29, 1.82) is 5.26 Å². The number of ether oxygens (including phenoxy) is 2. The van der Waals surface area contributed by atoms with Crippen molar-refractivity contribution in [1.82, 2.24) is 4.98 Å². The Bertz CT molecular complexity index is 590. The van der Waals surface area contributed by atoms with Gasteiger partial charge in [0.25, 0.3) is 0 Å². The Labute approximate surface area is 122 Å². The highest BCUT2D eigenvalue weighted by molar-refractivity contribution is 7.09. The Hall–Kier alpha value is -1.90. The highest BCUT2D eigenvalue weighted by atomic mass is 32.1. The molecule has 20 heavy (non-hydrogen) atoms. The molecule has 2 aromatic rings. The molecule has 1 aromatic heterocycles. The summed E-state index contributed by atoms with van der Waals surface area (Å²) in [5.41, 5.74) is 3.54. The van der Waals surface area contributed by atoms with E-state index in [2.05, 4.69) is 11.1 Å². The second-order valence-electron chi connectivity index (χ2n) is 4.21. The summed E-state index contributed by atoms with van der Waals surface area (Å²) in [5.74, 6) is 0.700. The maximum Gasteiger partial charge on any atom is 0.120 e. The van der Waals surface area contributed by atoms with Gasteiger partial charge in [0.05, 0.1) is 36.1 Å². The minimum Gasteiger partial charge on any atom is -0.491 e. The van der Waals surface area contributed by atoms with E-state index in [9.17, 15) is 0 Å². The summed E-state index contributed by atoms with van der Waals surface area (Å²) in [6.45, 7) is 3.70. The number of aromatic nitrogens is 1. The second-order valence-corrected chi connectivity index (χ2v) is 5.15. The van der Waals surface area contributed by atoms with Crippen LogP contribution in [0, 0.1) is 18.3 Å². The van der Waals surface area contributed by atoms with E-state index in [1.165, 1.54) is 4.88 Å². The maximum atomic E-state index is 8.78. The van der Waals surface area contributed by atoms with Crippen LogP contribution in [0.2, 0.25) is 0 Å². The van der Waals surface area contributed by atoms with Crippen molar-refractivity contribution in [2.75, 3.05) is 19.8 Å². The van der Waals surface area contributed by atoms with Crippen LogP contribution in [-0.4, -0.2) is 24.8 Å². The van der Waals surface area contributed by atoms with Gasteiger partial charge in [-0.2, -0.15) is 5.26 Å². The molecule has 0 N–H and O–H groups in total. The molecule has 4 nitrogen and oxygen atoms in total. The maximum absolute atomic E-state index is 8.78. The third-order valence-electron chi connectivity index (χ3n) is 2.78. The Kier molecular flexibility index (Phi) is 5.54. The van der Waals surface area contributed by atoms with Crippen LogP contribution in [0.3, 0.4) is 0 Å². The molecule has 0 bridgehead atoms. The van der Waals surface area contributed by atoms with Gasteiger partial charge < -0.3 is 9.47 Å². The van der Waals surface area contributed by atoms with Gasteiger partial charge in [0.15, 0.2) is 0 Å². The lowest BCUT2D eigenvalue weighted by Gasteiger charge is -2.07. The number of rotatable bonds is 7. The van der Waals surface area contributed by atoms with E-state index < -0.39 is 0 Å². The van der Waals surface area contributed by atoms with Crippen molar-refractivity contribution in [3.05, 3.63) is 45.9 Å². The quantitative estimate of drug-likeness (QED) is 0.735. The molecule has 5 heteroatoms. The van der Waals surface area contributed by atoms with E-state index in [0.29, 0.717) is 31.1 Å². The fourth-order valence-corrected chi connectivity index (χ4v) is 2.47. The molecule has 2 rings (SSSR count). The molecule has 1 aromatic carbocycles. The Morgan fingerprint density at radius 3 is 2.95 bits per heavy atom. The normalized spacial score (nSPS) is 10.2. The molecule has 0 spiro atoms. The summed E-state index contributed by atoms with van der Waals surface area (Å²) in [7, 11) is 0. The average Bonchev–Trinajstić information content (AvgIpc) is 2.88. The van der Waals surface area contributed by atoms with Gasteiger partial charge in [-0.05, 0) is 25.1 Å². The van der Waals surface area contributed by atoms with E-state index in [4.69, 9.17) is 14.7 Å². The van der Waals surface area contributed by atoms with Crippen molar-refractivity contribution in [2.45, 2.75) is 13.3 Å². The molecule has 0 amide bonds. The summed E-state index contributed by atoms with van der Waals surface area (Å²) < 4.78 is 11.1. The first kappa shape index (κ1) is 14.5. The fourth-order valence-electron chi connectivity index (χ4n) is 1.71. The number of nitrogens with zero attached hydrogens (tertiary/aromatic N) is 2. The predicted octanol–water partition coefficient (Wildman–Crippen LogP) is 2.96. The molecule has 0 saturated carbocycles. The third kappa shape index (κ3) is 4.34. The van der Waals surface area contributed by atoms with E-state index in [0.717, 1.165) is 12.1 Å². The molecule has 0 aliphatic rings. The molecule has 104 valence electrons. The first-order chi connectivity index (χ1) is 9.79. The lowest BCUT2D eigenvalue weighted by molar-refractivity contribution is 0.103. The summed E-state index contributed by atoms with van der Waals surface area (Å²) >= 11 is 1.66. The summed E-state index contributed by atoms with van der Waals surface area (Å²) in [5, 5.41) is 8.78. The van der Waals surface area contributed by atoms with Gasteiger partial charge in [0.2, 0.25) is 0 Å². The van der Waals surface area contributed by atoms with Crippen LogP contribution in [0.4, 0.5) is 0 Å². The van der Waals surface area contributed by atoms with Crippen LogP contribution >= 0.6 is 11.3 Å². The zero-order valence-electron chi connectivity index (χ0n) is 11.3. The van der Waals surface area contributed by atoms with Crippen LogP contribution in [0.1, 0.15) is 16.1 Å². The second kappa shape index (κ2) is 7.63. The summed E-state index contributed by atoms with van der Waals surface area (Å²) in [6, 6.07) is 9.20. The smallest absolute Gasteiger partial charge is 0.120 e. The van der Waals surface area contributed by atoms with E-state index in [-0.39, 0.29) is 0 Å². The number of hydrogen-bond donors (Lipinski definition) is 0. The van der Waals surface area contributed by atoms with Crippen LogP contribution < -0.4 is 4.74 Å². The van der Waals surface area contributed by atoms with Crippen molar-refractivity contribution in [2.24, 2.45) is 0 Å². The van der Waals surface area contributed by atoms with Crippen molar-refractivity contribution in [3.8, 4) is 11.8 Å². The van der Waals surface area contributed by atoms with Crippen molar-refractivity contribution in [3.63, 3.8) is 0 Å². The van der Waals surface area contributed by atoms with Crippen LogP contribution in [0.15, 0.2) is 29.8 Å². The van der Waals surface area contributed by atoms with Gasteiger partial charge in [0.1, 0.15) is 12.4 Å². The molecule has 0 fully saturated rings. The zero-order valence-corrected chi connectivity index (χ0v) is 12.2. The number of hydrogen-bond acceptors (Lipinski definition) is 5. The predicted molar refractivity (Wildman–Crippen MR) is 78.0 cm³/mol. The lowest BCUT2D eigenvalue weighted by atomic mass is 10.2. The van der Waals surface area contributed by atoms with Crippen molar-refractivity contribution >= 4 is 11.3 Å². The van der Waals surface area contributed by atoms with E-state index in [1.54, 1.807) is 29.5 Å². The van der Waals surface area contributed by atoms with Crippen molar-refractivity contribution < 1.29 is 9.47 Å². The largest absolute Gasteiger partial charge is 0.491 e. The third-order valence-corrected chi connectivity index (χ3v) is 3.77. The molecule has 1 heterocycles. The van der Waals surface area contributed by atoms with Crippen LogP contribution in [-0.2, 0) is 11.2 Å². The van der Waals surface area contributed by atoms with Gasteiger partial charge in [-0.15, -0.1) is 11.3 Å². The summed E-state index contributed by atoms with van der Waals surface area (Å²) in [6.07, 6.45) is 0.889. The molecule has 0 atom stereocenters. The fraction of sp³-hybridized carbons (Fsp3) is 0.333. The minimum atomic E-state index is 0.483. The van der Waals surface area contributed by atoms with Gasteiger partial charge in [-0.3, -0.25) is 0 Å². The number of benzene rings is 1. The summed E-state index contributed by atoms with van der Waals surface area (Å²) in [4.78, 5) is 5.47. The van der Waals surface area contributed by atoms with Gasteiger partial charge in [0, 0.05) is 11.3 Å². The average molecular weight is 288 g/mol. The van der Waals surface area contributed by atoms with Crippen LogP contribution in [0.25, 0.3) is 0 Å². The molecule has 0 radical (unpaired) electrons.